The quantitative estimate of drug-likeness (QED) is 0.372. The topological polar surface area (TPSA) is 38.8 Å². The van der Waals surface area contributed by atoms with E-state index in [1.165, 1.54) is 25.7 Å². The van der Waals surface area contributed by atoms with E-state index >= 15 is 0 Å². The van der Waals surface area contributed by atoms with Gasteiger partial charge in [0.05, 0.1) is 6.61 Å². The first-order valence-corrected chi connectivity index (χ1v) is 6.87. The highest BCUT2D eigenvalue weighted by molar-refractivity contribution is 5.84. The molecule has 1 unspecified atom stereocenters. The third-order valence-electron chi connectivity index (χ3n) is 3.60. The molecule has 1 aliphatic heterocycles. The molecule has 0 amide bonds. The molecular formula is C14H26O3. The Labute approximate surface area is 105 Å². The average Bonchev–Trinajstić information content (AvgIpc) is 2.82. The van der Waals surface area contributed by atoms with Crippen molar-refractivity contribution in [3.8, 4) is 0 Å². The van der Waals surface area contributed by atoms with E-state index in [4.69, 9.17) is 9.47 Å². The summed E-state index contributed by atoms with van der Waals surface area (Å²) >= 11 is 0. The summed E-state index contributed by atoms with van der Waals surface area (Å²) < 4.78 is 10.8. The smallest absolute Gasteiger partial charge is 0.341 e. The number of hydrogen-bond acceptors (Lipinski definition) is 3. The van der Waals surface area contributed by atoms with Gasteiger partial charge in [0, 0.05) is 0 Å². The molecule has 0 N–H and O–H groups in total. The summed E-state index contributed by atoms with van der Waals surface area (Å²) in [7, 11) is 0. The lowest BCUT2D eigenvalue weighted by molar-refractivity contribution is -0.149. The number of esters is 1. The number of ether oxygens (including phenoxy) is 2. The summed E-state index contributed by atoms with van der Waals surface area (Å²) in [6.45, 7) is 8.40. The van der Waals surface area contributed by atoms with Crippen molar-refractivity contribution in [1.82, 2.24) is 0 Å². The van der Waals surface area contributed by atoms with Gasteiger partial charge in [-0.05, 0) is 33.6 Å². The van der Waals surface area contributed by atoms with E-state index in [1.807, 2.05) is 20.8 Å². The number of epoxide rings is 1. The fourth-order valence-corrected chi connectivity index (χ4v) is 2.38. The van der Waals surface area contributed by atoms with Crippen LogP contribution in [0.5, 0.6) is 0 Å². The second kappa shape index (κ2) is 5.85. The van der Waals surface area contributed by atoms with Gasteiger partial charge in [0.25, 0.3) is 0 Å². The Bertz CT molecular complexity index is 260. The Morgan fingerprint density at radius 1 is 1.12 bits per heavy atom. The summed E-state index contributed by atoms with van der Waals surface area (Å²) in [6.07, 6.45) is 6.77. The zero-order valence-corrected chi connectivity index (χ0v) is 11.7. The normalized spacial score (nSPS) is 25.6. The zero-order chi connectivity index (χ0) is 12.9. The van der Waals surface area contributed by atoms with E-state index < -0.39 is 5.60 Å². The highest BCUT2D eigenvalue weighted by atomic mass is 16.7. The number of carbonyl (C=O) groups excluding carboxylic acids is 1. The first kappa shape index (κ1) is 14.5. The first-order valence-electron chi connectivity index (χ1n) is 6.87. The fourth-order valence-electron chi connectivity index (χ4n) is 2.38. The molecule has 1 saturated heterocycles. The summed E-state index contributed by atoms with van der Waals surface area (Å²) in [5.41, 5.74) is -1.00. The van der Waals surface area contributed by atoms with Gasteiger partial charge in [-0.25, -0.2) is 4.79 Å². The highest BCUT2D eigenvalue weighted by Crippen LogP contribution is 2.51. The van der Waals surface area contributed by atoms with Gasteiger partial charge < -0.3 is 9.47 Å². The van der Waals surface area contributed by atoms with E-state index in [-0.39, 0.29) is 11.6 Å². The van der Waals surface area contributed by atoms with Crippen LogP contribution in [0.2, 0.25) is 0 Å². The number of carbonyl (C=O) groups is 1. The Hall–Kier alpha value is -0.570. The van der Waals surface area contributed by atoms with Gasteiger partial charge in [-0.3, -0.25) is 0 Å². The molecule has 1 rings (SSSR count). The van der Waals surface area contributed by atoms with Crippen LogP contribution in [0.25, 0.3) is 0 Å². The monoisotopic (exact) mass is 242 g/mol. The molecule has 3 nitrogen and oxygen atoms in total. The first-order chi connectivity index (χ1) is 8.00. The van der Waals surface area contributed by atoms with Crippen molar-refractivity contribution in [1.29, 1.82) is 0 Å². The van der Waals surface area contributed by atoms with Crippen LogP contribution >= 0.6 is 0 Å². The van der Waals surface area contributed by atoms with Crippen LogP contribution in [-0.2, 0) is 14.3 Å². The molecule has 1 fully saturated rings. The molecule has 1 atom stereocenters. The number of unbranched alkanes of at least 4 members (excludes halogenated alkanes) is 4. The Kier molecular flexibility index (Phi) is 4.99. The van der Waals surface area contributed by atoms with Gasteiger partial charge in [0.1, 0.15) is 5.60 Å². The predicted octanol–water partition coefficient (Wildman–Crippen LogP) is 3.46. The third kappa shape index (κ3) is 3.21. The molecule has 17 heavy (non-hydrogen) atoms. The van der Waals surface area contributed by atoms with Crippen molar-refractivity contribution in [2.45, 2.75) is 77.4 Å². The summed E-state index contributed by atoms with van der Waals surface area (Å²) in [4.78, 5) is 11.9. The molecule has 1 heterocycles. The maximum atomic E-state index is 11.9. The minimum Gasteiger partial charge on any atom is -0.464 e. The lowest BCUT2D eigenvalue weighted by atomic mass is 9.90. The maximum absolute atomic E-state index is 11.9. The highest BCUT2D eigenvalue weighted by Gasteiger charge is 2.69. The predicted molar refractivity (Wildman–Crippen MR) is 67.9 cm³/mol. The van der Waals surface area contributed by atoms with E-state index in [9.17, 15) is 4.79 Å². The minimum absolute atomic E-state index is 0.180. The lowest BCUT2D eigenvalue weighted by Gasteiger charge is -2.13. The number of rotatable bonds is 8. The van der Waals surface area contributed by atoms with Crippen LogP contribution in [0, 0.1) is 0 Å². The van der Waals surface area contributed by atoms with Crippen LogP contribution in [-0.4, -0.2) is 23.8 Å². The molecular weight excluding hydrogens is 216 g/mol. The van der Waals surface area contributed by atoms with Crippen LogP contribution in [0.3, 0.4) is 0 Å². The second-order valence-electron chi connectivity index (χ2n) is 5.32. The van der Waals surface area contributed by atoms with Gasteiger partial charge in [-0.15, -0.1) is 0 Å². The summed E-state index contributed by atoms with van der Waals surface area (Å²) in [6, 6.07) is 0. The third-order valence-corrected chi connectivity index (χ3v) is 3.60. The van der Waals surface area contributed by atoms with E-state index in [0.29, 0.717) is 6.61 Å². The molecule has 0 aromatic rings. The molecule has 1 aliphatic rings. The molecule has 0 spiro atoms. The molecule has 0 aliphatic carbocycles. The van der Waals surface area contributed by atoms with Crippen molar-refractivity contribution in [3.63, 3.8) is 0 Å². The van der Waals surface area contributed by atoms with Crippen LogP contribution in [0.4, 0.5) is 0 Å². The lowest BCUT2D eigenvalue weighted by Crippen LogP contribution is -2.33. The molecule has 0 saturated carbocycles. The maximum Gasteiger partial charge on any atom is 0.341 e. The molecule has 0 aromatic heterocycles. The zero-order valence-electron chi connectivity index (χ0n) is 11.7. The second-order valence-corrected chi connectivity index (χ2v) is 5.32. The van der Waals surface area contributed by atoms with Gasteiger partial charge >= 0.3 is 5.97 Å². The van der Waals surface area contributed by atoms with Crippen molar-refractivity contribution in [3.05, 3.63) is 0 Å². The summed E-state index contributed by atoms with van der Waals surface area (Å²) in [5.74, 6) is -0.180. The Balaban J connectivity index is 2.38. The van der Waals surface area contributed by atoms with Crippen LogP contribution < -0.4 is 0 Å². The fraction of sp³-hybridized carbons (Fsp3) is 0.929. The Morgan fingerprint density at radius 3 is 2.18 bits per heavy atom. The van der Waals surface area contributed by atoms with E-state index in [0.717, 1.165) is 12.8 Å². The van der Waals surface area contributed by atoms with Crippen molar-refractivity contribution in [2.75, 3.05) is 6.61 Å². The number of hydrogen-bond donors (Lipinski definition) is 0. The molecule has 100 valence electrons. The van der Waals surface area contributed by atoms with Crippen LogP contribution in [0.15, 0.2) is 0 Å². The molecule has 0 bridgehead atoms. The molecule has 0 aromatic carbocycles. The van der Waals surface area contributed by atoms with Crippen LogP contribution in [0.1, 0.15) is 66.2 Å². The van der Waals surface area contributed by atoms with Gasteiger partial charge in [0.15, 0.2) is 5.60 Å². The average molecular weight is 242 g/mol. The van der Waals surface area contributed by atoms with Gasteiger partial charge in [0.2, 0.25) is 0 Å². The summed E-state index contributed by atoms with van der Waals surface area (Å²) in [5, 5.41) is 0. The Morgan fingerprint density at radius 2 is 1.71 bits per heavy atom. The van der Waals surface area contributed by atoms with E-state index in [1.54, 1.807) is 0 Å². The molecule has 0 radical (unpaired) electrons. The standard InChI is InChI=1S/C14H26O3/c1-5-7-8-9-10-11-14(12(15)16-6-2)13(3,4)17-14/h5-11H2,1-4H3. The SMILES string of the molecule is CCCCCCCC1(C(=O)OCC)OC1(C)C. The van der Waals surface area contributed by atoms with E-state index in [2.05, 4.69) is 6.92 Å². The van der Waals surface area contributed by atoms with Gasteiger partial charge in [-0.2, -0.15) is 0 Å². The van der Waals surface area contributed by atoms with Gasteiger partial charge in [-0.1, -0.05) is 32.6 Å². The van der Waals surface area contributed by atoms with Crippen molar-refractivity contribution in [2.24, 2.45) is 0 Å². The largest absolute Gasteiger partial charge is 0.464 e. The van der Waals surface area contributed by atoms with Crippen molar-refractivity contribution < 1.29 is 14.3 Å². The molecule has 3 heteroatoms. The minimum atomic E-state index is -0.658. The van der Waals surface area contributed by atoms with Crippen molar-refractivity contribution >= 4 is 5.97 Å².